The van der Waals surface area contributed by atoms with E-state index in [-0.39, 0.29) is 56.2 Å². The topological polar surface area (TPSA) is 641 Å². The van der Waals surface area contributed by atoms with E-state index in [1.54, 1.807) is 91.1 Å². The Bertz CT molecular complexity index is 4220. The number of carbonyl (C=O) groups excluding carboxylic acids is 12. The van der Waals surface area contributed by atoms with Crippen molar-refractivity contribution in [1.82, 2.24) is 74.1 Å². The quantitative estimate of drug-likeness (QED) is 0.0167. The van der Waals surface area contributed by atoms with Crippen molar-refractivity contribution >= 4 is 118 Å². The predicted octanol–water partition coefficient (Wildman–Crippen LogP) is -3.66. The molecule has 40 heteroatoms. The smallest absolute Gasteiger partial charge is 0.335 e. The maximum absolute atomic E-state index is 14.1. The zero-order valence-electron chi connectivity index (χ0n) is 60.9. The Morgan fingerprint density at radius 3 is 1.24 bits per heavy atom. The number of rotatable bonds is 49. The van der Waals surface area contributed by atoms with Crippen LogP contribution in [0.25, 0.3) is 10.9 Å². The SMILES string of the molecule is CC(=O)N[C@@H](Cc1ccccc1)C(=O)N[C@@H](Cc1ccccc1)C(=O)N[C@@H](CO)C(=O)N[C@@H](CO)C(=O)N[C@@H](CCC(=O)O)C(=O)N[C@@H](CCC(=O)O)C(=O)NCC(=O)N[C@@H](Cc1cccc(C(=O)O)c1)C(=O)NCC(=O)N[C@@H](Cc1c[nH]c2ccccc12)C(=O)NCCCC[C@H](NC(=O)N[C@@H](CCC(=O)O)C(=O)O)C(=O)O. The zero-order chi connectivity index (χ0) is 83.3. The number of hydrogen-bond donors (Lipinski definition) is 22. The summed E-state index contributed by atoms with van der Waals surface area (Å²) < 4.78 is 0. The van der Waals surface area contributed by atoms with Crippen molar-refractivity contribution in [3.8, 4) is 0 Å². The number of hydrogen-bond acceptors (Lipinski definition) is 20. The van der Waals surface area contributed by atoms with Crippen LogP contribution >= 0.6 is 0 Å². The van der Waals surface area contributed by atoms with E-state index in [1.807, 2.05) is 5.32 Å². The molecule has 10 atom stereocenters. The average Bonchev–Trinajstić information content (AvgIpc) is 1.70. The Morgan fingerprint density at radius 2 is 0.752 bits per heavy atom. The summed E-state index contributed by atoms with van der Waals surface area (Å²) in [6.45, 7) is -3.26. The molecule has 0 bridgehead atoms. The van der Waals surface area contributed by atoms with Gasteiger partial charge >= 0.3 is 41.8 Å². The second-order valence-electron chi connectivity index (χ2n) is 25.7. The number of aliphatic hydroxyl groups is 2. The third kappa shape index (κ3) is 32.0. The first-order valence-corrected chi connectivity index (χ1v) is 35.3. The number of carboxylic acid groups (broad SMARTS) is 6. The van der Waals surface area contributed by atoms with E-state index in [9.17, 15) is 122 Å². The molecule has 5 rings (SSSR count). The van der Waals surface area contributed by atoms with Gasteiger partial charge in [-0.3, -0.25) is 67.1 Å². The van der Waals surface area contributed by atoms with E-state index >= 15 is 0 Å². The van der Waals surface area contributed by atoms with Gasteiger partial charge in [0.25, 0.3) is 0 Å². The molecule has 0 radical (unpaired) electrons. The number of aromatic carboxylic acids is 1. The molecule has 0 fully saturated rings. The van der Waals surface area contributed by atoms with Crippen LogP contribution in [0.3, 0.4) is 0 Å². The lowest BCUT2D eigenvalue weighted by Gasteiger charge is -2.26. The van der Waals surface area contributed by atoms with E-state index in [0.29, 0.717) is 27.6 Å². The van der Waals surface area contributed by atoms with Crippen molar-refractivity contribution in [2.75, 3.05) is 32.8 Å². The number of urea groups is 1. The number of nitrogens with one attached hydrogen (secondary N) is 14. The molecule has 0 aliphatic heterocycles. The highest BCUT2D eigenvalue weighted by molar-refractivity contribution is 5.99. The van der Waals surface area contributed by atoms with Gasteiger partial charge in [-0.15, -0.1) is 0 Å². The summed E-state index contributed by atoms with van der Waals surface area (Å²) >= 11 is 0. The van der Waals surface area contributed by atoms with Gasteiger partial charge in [0.05, 0.1) is 31.9 Å². The van der Waals surface area contributed by atoms with E-state index in [2.05, 4.69) is 68.8 Å². The lowest BCUT2D eigenvalue weighted by atomic mass is 10.0. The van der Waals surface area contributed by atoms with E-state index < -0.39 is 238 Å². The third-order valence-electron chi connectivity index (χ3n) is 17.0. The monoisotopic (exact) mass is 1580 g/mol. The van der Waals surface area contributed by atoms with Gasteiger partial charge in [0.2, 0.25) is 65.0 Å². The standard InChI is InChI=1S/C73H90N14O26/c1-39(90)78-52(30-40-13-4-2-5-14-40)66(103)83-53(31-41-15-6-3-7-16-41)67(104)84-56(38-89)69(106)85-55(37-88)68(105)82-48(23-26-60(95)96)65(102)81-47(22-25-59(93)94)62(99)76-35-57(91)79-51(32-42-17-12-18-43(29-42)70(107)108)64(101)77-36-58(92)80-54(33-44-34-75-46-20-9-8-19-45(44)46)63(100)74-28-11-10-21-49(71(109)110)86-73(113)87-50(72(111)112)24-27-61(97)98/h2-9,12-20,29,34,47-56,75,88-89H,10-11,21-28,30-33,35-38H2,1H3,(H,74,100)(H,76,99)(H,77,101)(H,78,90)(H,79,91)(H,80,92)(H,81,102)(H,82,105)(H,83,103)(H,84,104)(H,85,106)(H,93,94)(H,95,96)(H,97,98)(H,107,108)(H,109,110)(H,111,112)(H2,86,87,113)/t47-,48-,49-,50-,51-,52-,53-,54-,55-,56-/m0/s1. The predicted molar refractivity (Wildman–Crippen MR) is 393 cm³/mol. The van der Waals surface area contributed by atoms with Gasteiger partial charge in [-0.1, -0.05) is 91.0 Å². The molecule has 113 heavy (non-hydrogen) atoms. The van der Waals surface area contributed by atoms with Crippen molar-refractivity contribution < 1.29 is 127 Å². The minimum atomic E-state index is -2.03. The molecule has 0 spiro atoms. The van der Waals surface area contributed by atoms with Crippen molar-refractivity contribution in [2.24, 2.45) is 0 Å². The number of para-hydroxylation sites is 1. The molecule has 0 saturated carbocycles. The summed E-state index contributed by atoms with van der Waals surface area (Å²) in [4.78, 5) is 237. The molecule has 608 valence electrons. The van der Waals surface area contributed by atoms with Gasteiger partial charge in [0.1, 0.15) is 60.4 Å². The van der Waals surface area contributed by atoms with E-state index in [1.165, 1.54) is 25.1 Å². The highest BCUT2D eigenvalue weighted by Crippen LogP contribution is 2.20. The number of fused-ring (bicyclic) bond motifs is 1. The van der Waals surface area contributed by atoms with Crippen LogP contribution in [0.15, 0.2) is 115 Å². The Hall–Kier alpha value is -13.4. The summed E-state index contributed by atoms with van der Waals surface area (Å²) in [5.74, 6) is -20.5. The van der Waals surface area contributed by atoms with E-state index in [0.717, 1.165) is 6.07 Å². The molecule has 13 amide bonds. The summed E-state index contributed by atoms with van der Waals surface area (Å²) in [5.41, 5.74) is 2.28. The van der Waals surface area contributed by atoms with Gasteiger partial charge in [-0.05, 0) is 79.0 Å². The molecular formula is C73H90N14O26. The number of aromatic nitrogens is 1. The number of carboxylic acids is 6. The van der Waals surface area contributed by atoms with Gasteiger partial charge in [0, 0.05) is 75.5 Å². The fourth-order valence-electron chi connectivity index (χ4n) is 11.2. The summed E-state index contributed by atoms with van der Waals surface area (Å²) in [6.07, 6.45) is -3.60. The van der Waals surface area contributed by atoms with Gasteiger partial charge in [-0.2, -0.15) is 0 Å². The summed E-state index contributed by atoms with van der Waals surface area (Å²) in [6, 6.07) is 10.9. The summed E-state index contributed by atoms with van der Waals surface area (Å²) in [7, 11) is 0. The highest BCUT2D eigenvalue weighted by Gasteiger charge is 2.36. The molecule has 0 unspecified atom stereocenters. The number of unbranched alkanes of at least 4 members (excludes halogenated alkanes) is 1. The van der Waals surface area contributed by atoms with Crippen LogP contribution in [-0.2, 0) is 102 Å². The van der Waals surface area contributed by atoms with Gasteiger partial charge in [0.15, 0.2) is 0 Å². The fraction of sp³-hybridized carbons (Fsp3) is 0.397. The number of aliphatic carboxylic acids is 5. The average molecular weight is 1580 g/mol. The largest absolute Gasteiger partial charge is 0.481 e. The van der Waals surface area contributed by atoms with Crippen molar-refractivity contribution in [3.63, 3.8) is 0 Å². The molecular weight excluding hydrogens is 1490 g/mol. The Labute approximate surface area is 643 Å². The Balaban J connectivity index is 1.25. The maximum Gasteiger partial charge on any atom is 0.335 e. The summed E-state index contributed by atoms with van der Waals surface area (Å²) in [5, 5.41) is 108. The van der Waals surface area contributed by atoms with Crippen LogP contribution < -0.4 is 69.1 Å². The number of carbonyl (C=O) groups is 18. The second kappa shape index (κ2) is 46.2. The van der Waals surface area contributed by atoms with Crippen molar-refractivity contribution in [3.05, 3.63) is 143 Å². The molecule has 0 saturated heterocycles. The Morgan fingerprint density at radius 1 is 0.363 bits per heavy atom. The van der Waals surface area contributed by atoms with Crippen LogP contribution in [0.2, 0.25) is 0 Å². The first-order chi connectivity index (χ1) is 53.7. The number of aliphatic hydroxyl groups excluding tert-OH is 2. The molecule has 5 aromatic rings. The molecule has 1 aromatic heterocycles. The number of aromatic amines is 1. The van der Waals surface area contributed by atoms with Crippen LogP contribution in [0.1, 0.15) is 97.3 Å². The highest BCUT2D eigenvalue weighted by atomic mass is 16.4. The molecule has 1 heterocycles. The van der Waals surface area contributed by atoms with Crippen LogP contribution in [0.4, 0.5) is 4.79 Å². The van der Waals surface area contributed by atoms with Gasteiger partial charge in [-0.25, -0.2) is 19.2 Å². The molecule has 22 N–H and O–H groups in total. The Kier molecular flexibility index (Phi) is 36.9. The van der Waals surface area contributed by atoms with Crippen LogP contribution in [0, 0.1) is 0 Å². The minimum absolute atomic E-state index is 0.000414. The maximum atomic E-state index is 14.1. The van der Waals surface area contributed by atoms with Crippen LogP contribution in [0.5, 0.6) is 0 Å². The number of amides is 13. The van der Waals surface area contributed by atoms with Gasteiger partial charge < -0.3 is 115 Å². The number of benzene rings is 4. The normalized spacial score (nSPS) is 13.5. The van der Waals surface area contributed by atoms with Crippen molar-refractivity contribution in [2.45, 2.75) is 151 Å². The minimum Gasteiger partial charge on any atom is -0.481 e. The molecule has 0 aliphatic carbocycles. The molecule has 40 nitrogen and oxygen atoms in total. The zero-order valence-corrected chi connectivity index (χ0v) is 60.9. The van der Waals surface area contributed by atoms with Crippen LogP contribution in [-0.4, -0.2) is 246 Å². The lowest BCUT2D eigenvalue weighted by molar-refractivity contribution is -0.141. The number of H-pyrrole nitrogens is 1. The first kappa shape index (κ1) is 90.2. The molecule has 4 aromatic carbocycles. The fourth-order valence-corrected chi connectivity index (χ4v) is 11.2. The first-order valence-electron chi connectivity index (χ1n) is 35.3. The lowest BCUT2D eigenvalue weighted by Crippen LogP contribution is -2.61. The second-order valence-corrected chi connectivity index (χ2v) is 25.7. The van der Waals surface area contributed by atoms with E-state index in [4.69, 9.17) is 5.11 Å². The molecule has 0 aliphatic rings. The third-order valence-corrected chi connectivity index (χ3v) is 17.0. The van der Waals surface area contributed by atoms with Crippen molar-refractivity contribution in [1.29, 1.82) is 0 Å².